The summed E-state index contributed by atoms with van der Waals surface area (Å²) in [6.07, 6.45) is -0.641. The van der Waals surface area contributed by atoms with E-state index >= 15 is 0 Å². The van der Waals surface area contributed by atoms with Gasteiger partial charge in [0.05, 0.1) is 12.0 Å². The van der Waals surface area contributed by atoms with Crippen LogP contribution in [-0.2, 0) is 23.8 Å². The monoisotopic (exact) mass is 244 g/mol. The Morgan fingerprint density at radius 3 is 2.35 bits per heavy atom. The van der Waals surface area contributed by atoms with Crippen molar-refractivity contribution < 1.29 is 23.8 Å². The fourth-order valence-corrected chi connectivity index (χ4v) is 1.29. The van der Waals surface area contributed by atoms with Gasteiger partial charge in [-0.15, -0.1) is 0 Å². The Labute approximate surface area is 101 Å². The first-order chi connectivity index (χ1) is 7.62. The number of ether oxygens (including phenoxy) is 3. The van der Waals surface area contributed by atoms with Crippen LogP contribution in [0, 0.1) is 5.41 Å². The lowest BCUT2D eigenvalue weighted by Gasteiger charge is -2.18. The Bertz CT molecular complexity index is 313. The van der Waals surface area contributed by atoms with Gasteiger partial charge >= 0.3 is 5.97 Å². The van der Waals surface area contributed by atoms with E-state index in [0.29, 0.717) is 0 Å². The van der Waals surface area contributed by atoms with Crippen LogP contribution in [0.2, 0.25) is 0 Å². The van der Waals surface area contributed by atoms with Gasteiger partial charge in [-0.1, -0.05) is 0 Å². The van der Waals surface area contributed by atoms with Gasteiger partial charge in [-0.2, -0.15) is 0 Å². The Hall–Kier alpha value is -0.940. The average Bonchev–Trinajstić information content (AvgIpc) is 2.53. The molecule has 0 amide bonds. The van der Waals surface area contributed by atoms with Crippen molar-refractivity contribution in [1.82, 2.24) is 0 Å². The third-order valence-electron chi connectivity index (χ3n) is 2.33. The van der Waals surface area contributed by atoms with Crippen molar-refractivity contribution in [3.05, 3.63) is 0 Å². The standard InChI is InChI=1S/C12H20O5/c1-11(2,3)10(14)15-6-8(13)9-7-16-12(4,5)17-9/h9H,6-7H2,1-5H3/t9-/m1/s1. The highest BCUT2D eigenvalue weighted by atomic mass is 16.7. The molecule has 0 aromatic carbocycles. The number of ketones is 1. The maximum atomic E-state index is 11.7. The number of carbonyl (C=O) groups excluding carboxylic acids is 2. The smallest absolute Gasteiger partial charge is 0.311 e. The van der Waals surface area contributed by atoms with Crippen LogP contribution in [0.1, 0.15) is 34.6 Å². The summed E-state index contributed by atoms with van der Waals surface area (Å²) in [5.41, 5.74) is -0.605. The molecule has 1 heterocycles. The summed E-state index contributed by atoms with van der Waals surface area (Å²) in [6.45, 7) is 8.62. The quantitative estimate of drug-likeness (QED) is 0.700. The number of carbonyl (C=O) groups is 2. The van der Waals surface area contributed by atoms with Gasteiger partial charge in [0, 0.05) is 0 Å². The normalized spacial score (nSPS) is 23.5. The number of hydrogen-bond donors (Lipinski definition) is 0. The zero-order chi connectivity index (χ0) is 13.3. The van der Waals surface area contributed by atoms with E-state index in [1.807, 2.05) is 0 Å². The summed E-state index contributed by atoms with van der Waals surface area (Å²) < 4.78 is 15.6. The SMILES string of the molecule is CC1(C)OC[C@H](C(=O)COC(=O)C(C)(C)C)O1. The van der Waals surface area contributed by atoms with E-state index in [4.69, 9.17) is 14.2 Å². The lowest BCUT2D eigenvalue weighted by atomic mass is 9.97. The zero-order valence-electron chi connectivity index (χ0n) is 11.0. The minimum absolute atomic E-state index is 0.207. The average molecular weight is 244 g/mol. The maximum Gasteiger partial charge on any atom is 0.311 e. The number of hydrogen-bond acceptors (Lipinski definition) is 5. The van der Waals surface area contributed by atoms with Gasteiger partial charge in [-0.25, -0.2) is 0 Å². The van der Waals surface area contributed by atoms with Crippen molar-refractivity contribution in [2.75, 3.05) is 13.2 Å². The molecule has 5 heteroatoms. The third kappa shape index (κ3) is 4.09. The maximum absolute atomic E-state index is 11.7. The second kappa shape index (κ2) is 4.74. The Morgan fingerprint density at radius 1 is 1.35 bits per heavy atom. The lowest BCUT2D eigenvalue weighted by Crippen LogP contribution is -2.32. The highest BCUT2D eigenvalue weighted by Crippen LogP contribution is 2.23. The van der Waals surface area contributed by atoms with Gasteiger partial charge in [0.25, 0.3) is 0 Å². The first kappa shape index (κ1) is 14.1. The molecule has 1 saturated heterocycles. The number of esters is 1. The van der Waals surface area contributed by atoms with Gasteiger partial charge in [0.2, 0.25) is 5.78 Å². The molecule has 0 N–H and O–H groups in total. The van der Waals surface area contributed by atoms with Gasteiger partial charge in [-0.05, 0) is 34.6 Å². The van der Waals surface area contributed by atoms with Gasteiger partial charge < -0.3 is 14.2 Å². The Kier molecular flexibility index (Phi) is 3.94. The van der Waals surface area contributed by atoms with E-state index in [-0.39, 0.29) is 19.0 Å². The zero-order valence-corrected chi connectivity index (χ0v) is 11.0. The van der Waals surface area contributed by atoms with Crippen LogP contribution >= 0.6 is 0 Å². The molecule has 17 heavy (non-hydrogen) atoms. The minimum atomic E-state index is -0.742. The van der Waals surface area contributed by atoms with Gasteiger partial charge in [-0.3, -0.25) is 9.59 Å². The molecule has 1 aliphatic heterocycles. The largest absolute Gasteiger partial charge is 0.457 e. The molecule has 0 radical (unpaired) electrons. The van der Waals surface area contributed by atoms with E-state index < -0.39 is 23.3 Å². The van der Waals surface area contributed by atoms with Crippen molar-refractivity contribution in [1.29, 1.82) is 0 Å². The van der Waals surface area contributed by atoms with Crippen LogP contribution < -0.4 is 0 Å². The van der Waals surface area contributed by atoms with Crippen LogP contribution in [-0.4, -0.2) is 36.9 Å². The number of rotatable bonds is 3. The minimum Gasteiger partial charge on any atom is -0.457 e. The van der Waals surface area contributed by atoms with Crippen LogP contribution in [0.4, 0.5) is 0 Å². The van der Waals surface area contributed by atoms with Crippen molar-refractivity contribution in [2.45, 2.75) is 46.5 Å². The second-order valence-corrected chi connectivity index (χ2v) is 5.61. The highest BCUT2D eigenvalue weighted by Gasteiger charge is 2.37. The molecule has 1 fully saturated rings. The van der Waals surface area contributed by atoms with E-state index in [9.17, 15) is 9.59 Å². The first-order valence-corrected chi connectivity index (χ1v) is 5.63. The topological polar surface area (TPSA) is 61.8 Å². The van der Waals surface area contributed by atoms with E-state index in [2.05, 4.69) is 0 Å². The van der Waals surface area contributed by atoms with Crippen molar-refractivity contribution in [3.63, 3.8) is 0 Å². The lowest BCUT2D eigenvalue weighted by molar-refractivity contribution is -0.162. The summed E-state index contributed by atoms with van der Waals surface area (Å²) in [4.78, 5) is 23.1. The molecule has 0 aromatic heterocycles. The highest BCUT2D eigenvalue weighted by molar-refractivity contribution is 5.87. The van der Waals surface area contributed by atoms with Crippen LogP contribution in [0.3, 0.4) is 0 Å². The van der Waals surface area contributed by atoms with Crippen LogP contribution in [0.25, 0.3) is 0 Å². The summed E-state index contributed by atoms with van der Waals surface area (Å²) >= 11 is 0. The molecule has 98 valence electrons. The molecule has 1 rings (SSSR count). The van der Waals surface area contributed by atoms with Crippen molar-refractivity contribution >= 4 is 11.8 Å². The third-order valence-corrected chi connectivity index (χ3v) is 2.33. The molecule has 5 nitrogen and oxygen atoms in total. The fraction of sp³-hybridized carbons (Fsp3) is 0.833. The van der Waals surface area contributed by atoms with Crippen molar-refractivity contribution in [2.24, 2.45) is 5.41 Å². The summed E-state index contributed by atoms with van der Waals surface area (Å²) in [6, 6.07) is 0. The molecular formula is C12H20O5. The molecule has 0 aromatic rings. The molecule has 0 aliphatic carbocycles. The van der Waals surface area contributed by atoms with E-state index in [1.54, 1.807) is 34.6 Å². The summed E-state index contributed by atoms with van der Waals surface area (Å²) in [5.74, 6) is -1.41. The molecule has 0 saturated carbocycles. The number of Topliss-reactive ketones (excluding diaryl/α,β-unsaturated/α-hetero) is 1. The Balaban J connectivity index is 2.39. The molecule has 0 spiro atoms. The molecule has 0 unspecified atom stereocenters. The van der Waals surface area contributed by atoms with Crippen molar-refractivity contribution in [3.8, 4) is 0 Å². The van der Waals surface area contributed by atoms with Gasteiger partial charge in [0.15, 0.2) is 12.4 Å². The first-order valence-electron chi connectivity index (χ1n) is 5.63. The van der Waals surface area contributed by atoms with Crippen LogP contribution in [0.15, 0.2) is 0 Å². The predicted molar refractivity (Wildman–Crippen MR) is 60.3 cm³/mol. The summed E-state index contributed by atoms with van der Waals surface area (Å²) in [7, 11) is 0. The van der Waals surface area contributed by atoms with E-state index in [0.717, 1.165) is 0 Å². The molecule has 1 aliphatic rings. The second-order valence-electron chi connectivity index (χ2n) is 5.61. The fourth-order valence-electron chi connectivity index (χ4n) is 1.29. The van der Waals surface area contributed by atoms with Gasteiger partial charge in [0.1, 0.15) is 6.10 Å². The summed E-state index contributed by atoms with van der Waals surface area (Å²) in [5, 5.41) is 0. The molecule has 0 bridgehead atoms. The Morgan fingerprint density at radius 2 is 1.94 bits per heavy atom. The molecule has 1 atom stereocenters. The van der Waals surface area contributed by atoms with Crippen LogP contribution in [0.5, 0.6) is 0 Å². The molecular weight excluding hydrogens is 224 g/mol. The van der Waals surface area contributed by atoms with E-state index in [1.165, 1.54) is 0 Å². The predicted octanol–water partition coefficient (Wildman–Crippen LogP) is 1.30.